The number of carbonyl (C=O) groups is 1. The summed E-state index contributed by atoms with van der Waals surface area (Å²) in [5.41, 5.74) is 0. The number of hydrogen-bond donors (Lipinski definition) is 1. The molecule has 1 N–H and O–H groups in total. The van der Waals surface area contributed by atoms with Gasteiger partial charge in [0, 0.05) is 0 Å². The van der Waals surface area contributed by atoms with Crippen molar-refractivity contribution in [1.29, 1.82) is 0 Å². The monoisotopic (exact) mass is 206 g/mol. The number of carboxylic acid groups (broad SMARTS) is 1. The predicted molar refractivity (Wildman–Crippen MR) is 55.3 cm³/mol. The van der Waals surface area contributed by atoms with Crippen LogP contribution in [0.3, 0.4) is 0 Å². The third-order valence-corrected chi connectivity index (χ3v) is 2.99. The minimum absolute atomic E-state index is 0.496. The highest BCUT2D eigenvalue weighted by atomic mass is 35.5. The van der Waals surface area contributed by atoms with Gasteiger partial charge < -0.3 is 5.11 Å². The zero-order chi connectivity index (χ0) is 10.3. The Morgan fingerprint density at radius 1 is 1.31 bits per heavy atom. The van der Waals surface area contributed by atoms with E-state index < -0.39 is 10.8 Å². The minimum atomic E-state index is -1.02. The SMILES string of the molecule is CCCCCCC(Cl)(CC)C(=O)O. The van der Waals surface area contributed by atoms with Crippen LogP contribution in [0.4, 0.5) is 0 Å². The van der Waals surface area contributed by atoms with Crippen molar-refractivity contribution in [2.75, 3.05) is 0 Å². The van der Waals surface area contributed by atoms with Crippen LogP contribution in [0.2, 0.25) is 0 Å². The molecule has 1 unspecified atom stereocenters. The Hall–Kier alpha value is -0.240. The van der Waals surface area contributed by atoms with Crippen LogP contribution in [0.5, 0.6) is 0 Å². The maximum absolute atomic E-state index is 10.8. The van der Waals surface area contributed by atoms with Gasteiger partial charge in [0.2, 0.25) is 0 Å². The number of unbranched alkanes of at least 4 members (excludes halogenated alkanes) is 3. The first-order valence-corrected chi connectivity index (χ1v) is 5.37. The van der Waals surface area contributed by atoms with Gasteiger partial charge in [-0.15, -0.1) is 11.6 Å². The molecule has 0 aromatic carbocycles. The molecule has 0 aliphatic carbocycles. The highest BCUT2D eigenvalue weighted by Crippen LogP contribution is 2.27. The molecule has 0 radical (unpaired) electrons. The fraction of sp³-hybridized carbons (Fsp3) is 0.900. The van der Waals surface area contributed by atoms with E-state index in [0.717, 1.165) is 25.7 Å². The number of rotatable bonds is 7. The number of halogens is 1. The molecule has 0 spiro atoms. The topological polar surface area (TPSA) is 37.3 Å². The van der Waals surface area contributed by atoms with Crippen molar-refractivity contribution in [1.82, 2.24) is 0 Å². The third kappa shape index (κ3) is 4.51. The molecule has 0 rings (SSSR count). The van der Waals surface area contributed by atoms with Crippen LogP contribution in [0.1, 0.15) is 52.4 Å². The Morgan fingerprint density at radius 2 is 1.92 bits per heavy atom. The first kappa shape index (κ1) is 12.8. The van der Waals surface area contributed by atoms with Crippen molar-refractivity contribution in [3.63, 3.8) is 0 Å². The number of aliphatic carboxylic acids is 1. The number of hydrogen-bond acceptors (Lipinski definition) is 1. The molecule has 0 aromatic heterocycles. The third-order valence-electron chi connectivity index (χ3n) is 2.37. The van der Waals surface area contributed by atoms with Gasteiger partial charge in [0.15, 0.2) is 0 Å². The van der Waals surface area contributed by atoms with E-state index in [4.69, 9.17) is 16.7 Å². The molecule has 0 heterocycles. The second-order valence-corrected chi connectivity index (χ2v) is 4.16. The summed E-state index contributed by atoms with van der Waals surface area (Å²) in [6.07, 6.45) is 5.40. The Balaban J connectivity index is 3.78. The second-order valence-electron chi connectivity index (χ2n) is 3.43. The summed E-state index contributed by atoms with van der Waals surface area (Å²) in [6.45, 7) is 3.95. The van der Waals surface area contributed by atoms with Crippen molar-refractivity contribution in [2.24, 2.45) is 0 Å². The van der Waals surface area contributed by atoms with Gasteiger partial charge in [-0.25, -0.2) is 0 Å². The van der Waals surface area contributed by atoms with E-state index in [0.29, 0.717) is 12.8 Å². The van der Waals surface area contributed by atoms with Gasteiger partial charge in [0.25, 0.3) is 0 Å². The van der Waals surface area contributed by atoms with Gasteiger partial charge >= 0.3 is 5.97 Å². The molecule has 0 aliphatic rings. The molecule has 1 atom stereocenters. The lowest BCUT2D eigenvalue weighted by Crippen LogP contribution is -2.31. The molecule has 13 heavy (non-hydrogen) atoms. The fourth-order valence-electron chi connectivity index (χ4n) is 1.27. The van der Waals surface area contributed by atoms with Gasteiger partial charge in [-0.2, -0.15) is 0 Å². The zero-order valence-corrected chi connectivity index (χ0v) is 9.23. The molecule has 78 valence electrons. The van der Waals surface area contributed by atoms with E-state index in [9.17, 15) is 4.79 Å². The lowest BCUT2D eigenvalue weighted by Gasteiger charge is -2.19. The van der Waals surface area contributed by atoms with E-state index in [-0.39, 0.29) is 0 Å². The molecule has 0 aliphatic heterocycles. The molecule has 0 aromatic rings. The van der Waals surface area contributed by atoms with Crippen molar-refractivity contribution < 1.29 is 9.90 Å². The van der Waals surface area contributed by atoms with Crippen LogP contribution in [0, 0.1) is 0 Å². The zero-order valence-electron chi connectivity index (χ0n) is 8.48. The van der Waals surface area contributed by atoms with Crippen LogP contribution >= 0.6 is 11.6 Å². The van der Waals surface area contributed by atoms with Crippen LogP contribution < -0.4 is 0 Å². The summed E-state index contributed by atoms with van der Waals surface area (Å²) in [7, 11) is 0. The average Bonchev–Trinajstić information content (AvgIpc) is 2.12. The molecule has 0 amide bonds. The fourth-order valence-corrected chi connectivity index (χ4v) is 1.40. The normalized spacial score (nSPS) is 15.3. The Labute approximate surface area is 85.3 Å². The standard InChI is InChI=1S/C10H19ClO2/c1-3-5-6-7-8-10(11,4-2)9(12)13/h3-8H2,1-2H3,(H,12,13). The maximum atomic E-state index is 10.8. The van der Waals surface area contributed by atoms with Crippen molar-refractivity contribution >= 4 is 17.6 Å². The predicted octanol–water partition coefficient (Wildman–Crippen LogP) is 3.43. The summed E-state index contributed by atoms with van der Waals surface area (Å²) >= 11 is 5.94. The smallest absolute Gasteiger partial charge is 0.324 e. The van der Waals surface area contributed by atoms with Crippen LogP contribution in [-0.2, 0) is 4.79 Å². The highest BCUT2D eigenvalue weighted by molar-refractivity contribution is 6.33. The molecular weight excluding hydrogens is 188 g/mol. The highest BCUT2D eigenvalue weighted by Gasteiger charge is 2.33. The van der Waals surface area contributed by atoms with Crippen molar-refractivity contribution in [2.45, 2.75) is 57.2 Å². The van der Waals surface area contributed by atoms with Gasteiger partial charge in [0.05, 0.1) is 0 Å². The van der Waals surface area contributed by atoms with Crippen molar-refractivity contribution in [3.05, 3.63) is 0 Å². The molecule has 0 saturated carbocycles. The van der Waals surface area contributed by atoms with Gasteiger partial charge in [0.1, 0.15) is 4.87 Å². The summed E-state index contributed by atoms with van der Waals surface area (Å²) in [5, 5.41) is 8.86. The van der Waals surface area contributed by atoms with E-state index in [1.54, 1.807) is 0 Å². The van der Waals surface area contributed by atoms with E-state index in [2.05, 4.69) is 6.92 Å². The second kappa shape index (κ2) is 6.25. The van der Waals surface area contributed by atoms with E-state index in [1.807, 2.05) is 6.92 Å². The molecule has 0 fully saturated rings. The minimum Gasteiger partial charge on any atom is -0.480 e. The van der Waals surface area contributed by atoms with E-state index >= 15 is 0 Å². The summed E-state index contributed by atoms with van der Waals surface area (Å²) in [5.74, 6) is -0.881. The van der Waals surface area contributed by atoms with Crippen LogP contribution in [0.25, 0.3) is 0 Å². The summed E-state index contributed by atoms with van der Waals surface area (Å²) < 4.78 is 0. The van der Waals surface area contributed by atoms with Crippen LogP contribution in [0.15, 0.2) is 0 Å². The van der Waals surface area contributed by atoms with E-state index in [1.165, 1.54) is 0 Å². The first-order chi connectivity index (χ1) is 6.06. The van der Waals surface area contributed by atoms with Gasteiger partial charge in [-0.05, 0) is 12.8 Å². The molecule has 3 heteroatoms. The quantitative estimate of drug-likeness (QED) is 0.512. The number of alkyl halides is 1. The average molecular weight is 207 g/mol. The summed E-state index contributed by atoms with van der Waals surface area (Å²) in [4.78, 5) is 9.76. The van der Waals surface area contributed by atoms with Crippen LogP contribution in [-0.4, -0.2) is 16.0 Å². The Bertz CT molecular complexity index is 159. The van der Waals surface area contributed by atoms with Gasteiger partial charge in [-0.3, -0.25) is 4.79 Å². The Morgan fingerprint density at radius 3 is 2.31 bits per heavy atom. The van der Waals surface area contributed by atoms with Gasteiger partial charge in [-0.1, -0.05) is 39.5 Å². The molecule has 0 saturated heterocycles. The Kier molecular flexibility index (Phi) is 6.13. The maximum Gasteiger partial charge on any atom is 0.324 e. The molecule has 2 nitrogen and oxygen atoms in total. The molecule has 0 bridgehead atoms. The summed E-state index contributed by atoms with van der Waals surface area (Å²) in [6, 6.07) is 0. The molecular formula is C10H19ClO2. The first-order valence-electron chi connectivity index (χ1n) is 4.99. The lowest BCUT2D eigenvalue weighted by molar-refractivity contribution is -0.140. The van der Waals surface area contributed by atoms with Crippen molar-refractivity contribution in [3.8, 4) is 0 Å². The lowest BCUT2D eigenvalue weighted by atomic mass is 9.97. The largest absolute Gasteiger partial charge is 0.480 e. The number of carboxylic acids is 1.